The summed E-state index contributed by atoms with van der Waals surface area (Å²) in [5, 5.41) is 4.19. The molecule has 0 unspecified atom stereocenters. The lowest BCUT2D eigenvalue weighted by molar-refractivity contribution is 0.707. The molecule has 72 valence electrons. The van der Waals surface area contributed by atoms with Crippen molar-refractivity contribution in [3.63, 3.8) is 0 Å². The van der Waals surface area contributed by atoms with E-state index in [2.05, 4.69) is 26.0 Å². The van der Waals surface area contributed by atoms with Crippen molar-refractivity contribution in [2.24, 2.45) is 5.73 Å². The number of hydrogen-bond donors (Lipinski definition) is 1. The maximum absolute atomic E-state index is 6.10. The molecule has 14 heavy (non-hydrogen) atoms. The van der Waals surface area contributed by atoms with Crippen molar-refractivity contribution in [1.82, 2.24) is 14.6 Å². The molecule has 5 heteroatoms. The predicted octanol–water partition coefficient (Wildman–Crippen LogP) is 1.44. The molecule has 1 saturated carbocycles. The van der Waals surface area contributed by atoms with Gasteiger partial charge in [-0.05, 0) is 40.9 Å². The number of nitrogens with zero attached hydrogens (tertiary/aromatic N) is 3. The second kappa shape index (κ2) is 2.55. The van der Waals surface area contributed by atoms with Gasteiger partial charge in [0.15, 0.2) is 5.65 Å². The minimum absolute atomic E-state index is 0.216. The molecule has 2 aromatic rings. The normalized spacial score (nSPS) is 18.7. The molecule has 2 heterocycles. The van der Waals surface area contributed by atoms with Crippen LogP contribution in [0.15, 0.2) is 22.9 Å². The maximum atomic E-state index is 6.10. The van der Waals surface area contributed by atoms with E-state index in [9.17, 15) is 0 Å². The fourth-order valence-electron chi connectivity index (χ4n) is 1.55. The van der Waals surface area contributed by atoms with Crippen LogP contribution in [0.25, 0.3) is 5.65 Å². The standard InChI is InChI=1S/C9H9BrN4/c10-8-7(9(11)3-4-9)13-6-2-1-5-12-14(6)8/h1-2,5H,3-4,11H2. The molecular weight excluding hydrogens is 244 g/mol. The van der Waals surface area contributed by atoms with E-state index in [0.29, 0.717) is 0 Å². The van der Waals surface area contributed by atoms with Gasteiger partial charge >= 0.3 is 0 Å². The molecule has 0 aliphatic heterocycles. The SMILES string of the molecule is NC1(c2nc3cccnn3c2Br)CC1. The van der Waals surface area contributed by atoms with E-state index in [-0.39, 0.29) is 5.54 Å². The van der Waals surface area contributed by atoms with Crippen LogP contribution in [0.2, 0.25) is 0 Å². The summed E-state index contributed by atoms with van der Waals surface area (Å²) in [7, 11) is 0. The average molecular weight is 253 g/mol. The second-order valence-electron chi connectivity index (χ2n) is 3.70. The first-order valence-corrected chi connectivity index (χ1v) is 5.29. The zero-order chi connectivity index (χ0) is 9.76. The van der Waals surface area contributed by atoms with E-state index < -0.39 is 0 Å². The summed E-state index contributed by atoms with van der Waals surface area (Å²) in [6, 6.07) is 3.79. The van der Waals surface area contributed by atoms with Crippen LogP contribution in [0.1, 0.15) is 18.5 Å². The number of aromatic nitrogens is 3. The lowest BCUT2D eigenvalue weighted by Crippen LogP contribution is -2.19. The largest absolute Gasteiger partial charge is 0.320 e. The van der Waals surface area contributed by atoms with Crippen LogP contribution in [0.3, 0.4) is 0 Å². The number of rotatable bonds is 1. The Morgan fingerprint density at radius 1 is 1.50 bits per heavy atom. The van der Waals surface area contributed by atoms with Crippen molar-refractivity contribution < 1.29 is 0 Å². The molecule has 4 nitrogen and oxygen atoms in total. The second-order valence-corrected chi connectivity index (χ2v) is 4.45. The van der Waals surface area contributed by atoms with Gasteiger partial charge in [0.25, 0.3) is 0 Å². The molecule has 0 atom stereocenters. The van der Waals surface area contributed by atoms with E-state index in [1.54, 1.807) is 10.7 Å². The van der Waals surface area contributed by atoms with Gasteiger partial charge in [-0.25, -0.2) is 9.50 Å². The number of hydrogen-bond acceptors (Lipinski definition) is 3. The number of imidazole rings is 1. The lowest BCUT2D eigenvalue weighted by atomic mass is 10.2. The van der Waals surface area contributed by atoms with Gasteiger partial charge in [-0.1, -0.05) is 0 Å². The Kier molecular flexibility index (Phi) is 1.52. The molecule has 0 spiro atoms. The summed E-state index contributed by atoms with van der Waals surface area (Å²) in [4.78, 5) is 4.47. The maximum Gasteiger partial charge on any atom is 0.155 e. The molecule has 1 fully saturated rings. The highest BCUT2D eigenvalue weighted by molar-refractivity contribution is 9.10. The molecule has 2 aromatic heterocycles. The highest BCUT2D eigenvalue weighted by Gasteiger charge is 2.44. The van der Waals surface area contributed by atoms with Gasteiger partial charge in [0.2, 0.25) is 0 Å². The summed E-state index contributed by atoms with van der Waals surface area (Å²) >= 11 is 3.49. The first-order chi connectivity index (χ1) is 6.71. The number of fused-ring (bicyclic) bond motifs is 1. The highest BCUT2D eigenvalue weighted by atomic mass is 79.9. The lowest BCUT2D eigenvalue weighted by Gasteiger charge is -2.03. The Labute approximate surface area is 89.3 Å². The molecule has 0 saturated heterocycles. The van der Waals surface area contributed by atoms with Crippen LogP contribution in [0, 0.1) is 0 Å². The molecule has 0 aromatic carbocycles. The van der Waals surface area contributed by atoms with E-state index in [1.165, 1.54) is 0 Å². The van der Waals surface area contributed by atoms with Crippen molar-refractivity contribution in [1.29, 1.82) is 0 Å². The summed E-state index contributed by atoms with van der Waals surface area (Å²) in [5.74, 6) is 0. The molecule has 0 bridgehead atoms. The van der Waals surface area contributed by atoms with Crippen molar-refractivity contribution >= 4 is 21.6 Å². The number of halogens is 1. The van der Waals surface area contributed by atoms with Crippen LogP contribution >= 0.6 is 15.9 Å². The van der Waals surface area contributed by atoms with Crippen LogP contribution in [0.5, 0.6) is 0 Å². The first kappa shape index (κ1) is 8.38. The van der Waals surface area contributed by atoms with Crippen molar-refractivity contribution in [3.05, 3.63) is 28.6 Å². The van der Waals surface area contributed by atoms with Crippen LogP contribution < -0.4 is 5.73 Å². The third-order valence-electron chi connectivity index (χ3n) is 2.60. The summed E-state index contributed by atoms with van der Waals surface area (Å²) in [6.07, 6.45) is 3.75. The fourth-order valence-corrected chi connectivity index (χ4v) is 2.31. The third kappa shape index (κ3) is 1.02. The Balaban J connectivity index is 2.31. The Hall–Kier alpha value is -0.940. The topological polar surface area (TPSA) is 56.2 Å². The Morgan fingerprint density at radius 3 is 2.93 bits per heavy atom. The smallest absolute Gasteiger partial charge is 0.155 e. The van der Waals surface area contributed by atoms with Gasteiger partial charge in [-0.3, -0.25) is 0 Å². The van der Waals surface area contributed by atoms with Gasteiger partial charge < -0.3 is 5.73 Å². The van der Waals surface area contributed by atoms with Crippen LogP contribution in [-0.4, -0.2) is 14.6 Å². The van der Waals surface area contributed by atoms with Gasteiger partial charge in [-0.15, -0.1) is 0 Å². The molecule has 0 amide bonds. The molecule has 1 aliphatic rings. The summed E-state index contributed by atoms with van der Waals surface area (Å²) in [6.45, 7) is 0. The highest BCUT2D eigenvalue weighted by Crippen LogP contribution is 2.44. The average Bonchev–Trinajstić information content (AvgIpc) is 2.84. The Morgan fingerprint density at radius 2 is 2.29 bits per heavy atom. The predicted molar refractivity (Wildman–Crippen MR) is 55.8 cm³/mol. The van der Waals surface area contributed by atoms with Crippen LogP contribution in [-0.2, 0) is 5.54 Å². The summed E-state index contributed by atoms with van der Waals surface area (Å²) in [5.41, 5.74) is 7.65. The van der Waals surface area contributed by atoms with E-state index in [0.717, 1.165) is 28.8 Å². The van der Waals surface area contributed by atoms with Gasteiger partial charge in [0.1, 0.15) is 4.60 Å². The minimum atomic E-state index is -0.216. The Bertz CT molecular complexity index is 500. The number of nitrogens with two attached hydrogens (primary N) is 1. The van der Waals surface area contributed by atoms with Crippen LogP contribution in [0.4, 0.5) is 0 Å². The van der Waals surface area contributed by atoms with Crippen molar-refractivity contribution in [3.8, 4) is 0 Å². The first-order valence-electron chi connectivity index (χ1n) is 4.49. The molecular formula is C9H9BrN4. The quantitative estimate of drug-likeness (QED) is 0.836. The summed E-state index contributed by atoms with van der Waals surface area (Å²) < 4.78 is 2.65. The van der Waals surface area contributed by atoms with Crippen molar-refractivity contribution in [2.75, 3.05) is 0 Å². The van der Waals surface area contributed by atoms with E-state index in [4.69, 9.17) is 5.73 Å². The zero-order valence-electron chi connectivity index (χ0n) is 7.44. The molecule has 2 N–H and O–H groups in total. The monoisotopic (exact) mass is 252 g/mol. The third-order valence-corrected chi connectivity index (χ3v) is 3.31. The zero-order valence-corrected chi connectivity index (χ0v) is 9.03. The van der Waals surface area contributed by atoms with Crippen molar-refractivity contribution in [2.45, 2.75) is 18.4 Å². The van der Waals surface area contributed by atoms with E-state index in [1.807, 2.05) is 12.1 Å². The molecule has 1 aliphatic carbocycles. The van der Waals surface area contributed by atoms with E-state index >= 15 is 0 Å². The van der Waals surface area contributed by atoms with Gasteiger partial charge in [0.05, 0.1) is 11.2 Å². The molecule has 3 rings (SSSR count). The minimum Gasteiger partial charge on any atom is -0.320 e. The van der Waals surface area contributed by atoms with Gasteiger partial charge in [-0.2, -0.15) is 5.10 Å². The molecule has 0 radical (unpaired) electrons. The fraction of sp³-hybridized carbons (Fsp3) is 0.333. The van der Waals surface area contributed by atoms with Gasteiger partial charge in [0, 0.05) is 6.20 Å².